The average molecular weight is 399 g/mol. The number of amides is 1. The van der Waals surface area contributed by atoms with Gasteiger partial charge in [-0.25, -0.2) is 9.50 Å². The highest BCUT2D eigenvalue weighted by atomic mass is 16.1. The molecule has 4 rings (SSSR count). The number of rotatable bonds is 6. The smallest absolute Gasteiger partial charge is 0.224 e. The van der Waals surface area contributed by atoms with Crippen molar-refractivity contribution >= 4 is 11.6 Å². The van der Waals surface area contributed by atoms with E-state index in [4.69, 9.17) is 10.1 Å². The molecule has 0 fully saturated rings. The molecule has 2 aromatic carbocycles. The van der Waals surface area contributed by atoms with Gasteiger partial charge in [0.1, 0.15) is 0 Å². The fraction of sp³-hybridized carbons (Fsp3) is 0.240. The molecule has 0 saturated heterocycles. The number of carbonyl (C=O) groups excluding carboxylic acids is 1. The van der Waals surface area contributed by atoms with Gasteiger partial charge >= 0.3 is 0 Å². The molecule has 1 amide bonds. The molecule has 2 aromatic heterocycles. The lowest BCUT2D eigenvalue weighted by Crippen LogP contribution is -2.29. The molecule has 1 N–H and O–H groups in total. The van der Waals surface area contributed by atoms with Crippen molar-refractivity contribution in [2.45, 2.75) is 33.1 Å². The maximum Gasteiger partial charge on any atom is 0.224 e. The lowest BCUT2D eigenvalue weighted by Gasteiger charge is -2.14. The summed E-state index contributed by atoms with van der Waals surface area (Å²) in [5.41, 5.74) is 6.69. The Morgan fingerprint density at radius 1 is 1.03 bits per heavy atom. The lowest BCUT2D eigenvalue weighted by molar-refractivity contribution is -0.120. The first-order valence-corrected chi connectivity index (χ1v) is 10.3. The Morgan fingerprint density at radius 3 is 2.40 bits per heavy atom. The predicted octanol–water partition coefficient (Wildman–Crippen LogP) is 4.48. The fourth-order valence-electron chi connectivity index (χ4n) is 3.72. The lowest BCUT2D eigenvalue weighted by atomic mass is 10.0. The van der Waals surface area contributed by atoms with Crippen LogP contribution in [0.2, 0.25) is 0 Å². The third kappa shape index (κ3) is 4.10. The highest BCUT2D eigenvalue weighted by molar-refractivity contribution is 5.79. The van der Waals surface area contributed by atoms with Gasteiger partial charge < -0.3 is 5.32 Å². The summed E-state index contributed by atoms with van der Waals surface area (Å²) in [7, 11) is 0. The van der Waals surface area contributed by atoms with E-state index in [0.29, 0.717) is 13.0 Å². The third-order valence-corrected chi connectivity index (χ3v) is 5.54. The SMILES string of the molecule is Cc1nc2cc(-c3ccccc3)nn2c(C)c1CC(=O)NC[C@@H](C)c1ccccc1. The predicted molar refractivity (Wildman–Crippen MR) is 119 cm³/mol. The number of hydrogen-bond donors (Lipinski definition) is 1. The molecule has 4 aromatic rings. The molecule has 5 heteroatoms. The van der Waals surface area contributed by atoms with Crippen LogP contribution in [-0.2, 0) is 11.2 Å². The molecule has 5 nitrogen and oxygen atoms in total. The van der Waals surface area contributed by atoms with Crippen LogP contribution >= 0.6 is 0 Å². The summed E-state index contributed by atoms with van der Waals surface area (Å²) in [6, 6.07) is 22.3. The Labute approximate surface area is 176 Å². The molecule has 0 unspecified atom stereocenters. The zero-order valence-electron chi connectivity index (χ0n) is 17.6. The number of benzene rings is 2. The molecule has 152 valence electrons. The molecule has 0 aliphatic heterocycles. The van der Waals surface area contributed by atoms with Crippen LogP contribution in [0.5, 0.6) is 0 Å². The maximum atomic E-state index is 12.6. The largest absolute Gasteiger partial charge is 0.355 e. The summed E-state index contributed by atoms with van der Waals surface area (Å²) >= 11 is 0. The number of aromatic nitrogens is 3. The Kier molecular flexibility index (Phi) is 5.61. The topological polar surface area (TPSA) is 59.3 Å². The Hall–Kier alpha value is -3.47. The van der Waals surface area contributed by atoms with Gasteiger partial charge in [0.15, 0.2) is 5.65 Å². The van der Waals surface area contributed by atoms with Gasteiger partial charge in [0.2, 0.25) is 5.91 Å². The molecule has 0 aliphatic carbocycles. The number of hydrogen-bond acceptors (Lipinski definition) is 3. The first-order chi connectivity index (χ1) is 14.5. The minimum Gasteiger partial charge on any atom is -0.355 e. The van der Waals surface area contributed by atoms with Crippen molar-refractivity contribution < 1.29 is 4.79 Å². The van der Waals surface area contributed by atoms with Gasteiger partial charge in [0.05, 0.1) is 12.1 Å². The van der Waals surface area contributed by atoms with E-state index in [2.05, 4.69) is 24.4 Å². The van der Waals surface area contributed by atoms with Crippen LogP contribution in [0.15, 0.2) is 66.7 Å². The van der Waals surface area contributed by atoms with Crippen molar-refractivity contribution in [2.24, 2.45) is 0 Å². The molecule has 0 aliphatic rings. The second kappa shape index (κ2) is 8.49. The highest BCUT2D eigenvalue weighted by Gasteiger charge is 2.16. The van der Waals surface area contributed by atoms with Crippen molar-refractivity contribution in [2.75, 3.05) is 6.54 Å². The first-order valence-electron chi connectivity index (χ1n) is 10.3. The Morgan fingerprint density at radius 2 is 1.70 bits per heavy atom. The van der Waals surface area contributed by atoms with Gasteiger partial charge in [0.25, 0.3) is 0 Å². The van der Waals surface area contributed by atoms with Gasteiger partial charge in [-0.05, 0) is 25.3 Å². The van der Waals surface area contributed by atoms with Crippen molar-refractivity contribution in [1.82, 2.24) is 19.9 Å². The molecule has 1 atom stereocenters. The zero-order valence-corrected chi connectivity index (χ0v) is 17.6. The van der Waals surface area contributed by atoms with E-state index >= 15 is 0 Å². The maximum absolute atomic E-state index is 12.6. The van der Waals surface area contributed by atoms with Gasteiger partial charge in [0, 0.05) is 35.1 Å². The Bertz CT molecular complexity index is 1170. The normalized spacial score (nSPS) is 12.1. The summed E-state index contributed by atoms with van der Waals surface area (Å²) in [4.78, 5) is 17.3. The first kappa shape index (κ1) is 19.8. The van der Waals surface area contributed by atoms with Gasteiger partial charge in [-0.1, -0.05) is 67.6 Å². The zero-order chi connectivity index (χ0) is 21.1. The van der Waals surface area contributed by atoms with Crippen molar-refractivity contribution in [1.29, 1.82) is 0 Å². The standard InChI is InChI=1S/C25H26N4O/c1-17(20-10-6-4-7-11-20)16-26-25(30)14-22-18(2)27-24-15-23(28-29(24)19(22)3)21-12-8-5-9-13-21/h4-13,15,17H,14,16H2,1-3H3,(H,26,30)/t17-/m1/s1. The Balaban J connectivity index is 1.51. The van der Waals surface area contributed by atoms with E-state index in [0.717, 1.165) is 33.9 Å². The minimum absolute atomic E-state index is 0.000528. The number of aryl methyl sites for hydroxylation is 2. The van der Waals surface area contributed by atoms with Crippen LogP contribution in [0.25, 0.3) is 16.9 Å². The van der Waals surface area contributed by atoms with Gasteiger partial charge in [-0.2, -0.15) is 5.10 Å². The summed E-state index contributed by atoms with van der Waals surface area (Å²) < 4.78 is 1.84. The molecule has 0 radical (unpaired) electrons. The van der Waals surface area contributed by atoms with Crippen molar-refractivity contribution in [3.63, 3.8) is 0 Å². The summed E-state index contributed by atoms with van der Waals surface area (Å²) in [5, 5.41) is 7.79. The second-order valence-electron chi connectivity index (χ2n) is 7.72. The van der Waals surface area contributed by atoms with Gasteiger partial charge in [-0.3, -0.25) is 4.79 Å². The number of carbonyl (C=O) groups is 1. The van der Waals surface area contributed by atoms with Crippen LogP contribution in [0, 0.1) is 13.8 Å². The van der Waals surface area contributed by atoms with Gasteiger partial charge in [-0.15, -0.1) is 0 Å². The van der Waals surface area contributed by atoms with Crippen molar-refractivity contribution in [3.05, 3.63) is 89.2 Å². The quantitative estimate of drug-likeness (QED) is 0.521. The van der Waals surface area contributed by atoms with Crippen molar-refractivity contribution in [3.8, 4) is 11.3 Å². The highest BCUT2D eigenvalue weighted by Crippen LogP contribution is 2.22. The number of nitrogens with zero attached hydrogens (tertiary/aromatic N) is 3. The summed E-state index contributed by atoms with van der Waals surface area (Å²) in [5.74, 6) is 0.262. The molecular weight excluding hydrogens is 372 g/mol. The van der Waals surface area contributed by atoms with E-state index in [-0.39, 0.29) is 11.8 Å². The van der Waals surface area contributed by atoms with E-state index in [1.165, 1.54) is 5.56 Å². The van der Waals surface area contributed by atoms with Crippen LogP contribution in [0.4, 0.5) is 0 Å². The molecule has 2 heterocycles. The summed E-state index contributed by atoms with van der Waals surface area (Å²) in [6.07, 6.45) is 0.294. The molecule has 0 saturated carbocycles. The van der Waals surface area contributed by atoms with E-state index < -0.39 is 0 Å². The summed E-state index contributed by atoms with van der Waals surface area (Å²) in [6.45, 7) is 6.68. The second-order valence-corrected chi connectivity index (χ2v) is 7.72. The van der Waals surface area contributed by atoms with E-state index in [1.807, 2.05) is 73.0 Å². The van der Waals surface area contributed by atoms with Crippen LogP contribution in [0.3, 0.4) is 0 Å². The van der Waals surface area contributed by atoms with Crippen LogP contribution < -0.4 is 5.32 Å². The van der Waals surface area contributed by atoms with Crippen LogP contribution in [0.1, 0.15) is 35.4 Å². The molecule has 0 spiro atoms. The number of fused-ring (bicyclic) bond motifs is 1. The average Bonchev–Trinajstić information content (AvgIpc) is 3.20. The molecular formula is C25H26N4O. The van der Waals surface area contributed by atoms with E-state index in [9.17, 15) is 4.79 Å². The monoisotopic (exact) mass is 398 g/mol. The third-order valence-electron chi connectivity index (χ3n) is 5.54. The minimum atomic E-state index is 0.000528. The fourth-order valence-corrected chi connectivity index (χ4v) is 3.72. The molecule has 0 bridgehead atoms. The number of nitrogens with one attached hydrogen (secondary N) is 1. The molecule has 30 heavy (non-hydrogen) atoms. The van der Waals surface area contributed by atoms with Crippen LogP contribution in [-0.4, -0.2) is 27.0 Å². The van der Waals surface area contributed by atoms with E-state index in [1.54, 1.807) is 0 Å².